The third kappa shape index (κ3) is 1.58. The summed E-state index contributed by atoms with van der Waals surface area (Å²) in [5.74, 6) is -1.03. The van der Waals surface area contributed by atoms with Crippen LogP contribution in [0.4, 0.5) is 0 Å². The zero-order valence-electron chi connectivity index (χ0n) is 3.37. The van der Waals surface area contributed by atoms with Crippen molar-refractivity contribution < 1.29 is 10.0 Å². The highest BCUT2D eigenvalue weighted by Gasteiger charge is 2.00. The van der Waals surface area contributed by atoms with Gasteiger partial charge in [-0.25, -0.2) is 0 Å². The minimum Gasteiger partial charge on any atom is -0.455 e. The van der Waals surface area contributed by atoms with E-state index in [1.165, 1.54) is 0 Å². The Morgan fingerprint density at radius 3 is 2.43 bits per heavy atom. The van der Waals surface area contributed by atoms with Crippen molar-refractivity contribution in [2.45, 2.75) is 0 Å². The smallest absolute Gasteiger partial charge is 0.441 e. The van der Waals surface area contributed by atoms with E-state index in [1.807, 2.05) is 0 Å². The average molecular weight is 104 g/mol. The van der Waals surface area contributed by atoms with Crippen molar-refractivity contribution in [2.24, 2.45) is 5.73 Å². The Bertz CT molecular complexity index is 108. The van der Waals surface area contributed by atoms with Gasteiger partial charge in [0, 0.05) is 0 Å². The van der Waals surface area contributed by atoms with Gasteiger partial charge in [0.05, 0.1) is 0 Å². The summed E-state index contributed by atoms with van der Waals surface area (Å²) in [5, 5.41) is 17.3. The van der Waals surface area contributed by atoms with Gasteiger partial charge in [-0.05, 0) is 0 Å². The van der Waals surface area contributed by atoms with Gasteiger partial charge >= 0.3 is 5.88 Å². The maximum absolute atomic E-state index is 9.34. The summed E-state index contributed by atoms with van der Waals surface area (Å²) in [6.45, 7) is 0. The number of aliphatic hydroxyl groups excluding tert-OH is 1. The molecule has 0 aliphatic rings. The second-order valence-corrected chi connectivity index (χ2v) is 0.782. The third-order valence-electron chi connectivity index (χ3n) is 0.336. The molecule has 0 aliphatic carbocycles. The molecule has 0 saturated heterocycles. The molecule has 0 heterocycles. The van der Waals surface area contributed by atoms with Gasteiger partial charge in [-0.2, -0.15) is 0 Å². The van der Waals surface area contributed by atoms with Crippen LogP contribution in [0.2, 0.25) is 0 Å². The van der Waals surface area contributed by atoms with Crippen LogP contribution in [-0.4, -0.2) is 10.0 Å². The van der Waals surface area contributed by atoms with Crippen molar-refractivity contribution in [3.05, 3.63) is 22.2 Å². The molecule has 0 atom stereocenters. The first kappa shape index (κ1) is 5.74. The Morgan fingerprint density at radius 2 is 2.43 bits per heavy atom. The number of nitrogens with zero attached hydrogens (tertiary/aromatic N) is 1. The van der Waals surface area contributed by atoms with Crippen molar-refractivity contribution in [3.8, 4) is 0 Å². The average Bonchev–Trinajstić information content (AvgIpc) is 1.65. The molecule has 0 aliphatic heterocycles. The molecule has 0 unspecified atom stereocenters. The molecule has 3 N–H and O–H groups in total. The summed E-state index contributed by atoms with van der Waals surface area (Å²) < 4.78 is 0. The molecule has 0 spiro atoms. The highest BCUT2D eigenvalue weighted by molar-refractivity contribution is 4.71. The van der Waals surface area contributed by atoms with Crippen molar-refractivity contribution in [1.82, 2.24) is 0 Å². The molecule has 0 aromatic rings. The summed E-state index contributed by atoms with van der Waals surface area (Å²) in [5.41, 5.74) is 4.52. The van der Waals surface area contributed by atoms with E-state index in [1.54, 1.807) is 0 Å². The quantitative estimate of drug-likeness (QED) is 0.268. The lowest BCUT2D eigenvalue weighted by molar-refractivity contribution is -0.459. The fourth-order valence-electron chi connectivity index (χ4n) is 0.0609. The fourth-order valence-corrected chi connectivity index (χ4v) is 0.0609. The minimum absolute atomic E-state index is 0.514. The number of rotatable bonds is 1. The van der Waals surface area contributed by atoms with Gasteiger partial charge in [0.1, 0.15) is 11.1 Å². The zero-order valence-corrected chi connectivity index (χ0v) is 3.37. The van der Waals surface area contributed by atoms with Gasteiger partial charge in [-0.3, -0.25) is 10.1 Å². The number of aliphatic hydroxyl groups is 1. The van der Waals surface area contributed by atoms with E-state index in [-0.39, 0.29) is 0 Å². The van der Waals surface area contributed by atoms with E-state index in [4.69, 9.17) is 5.11 Å². The van der Waals surface area contributed by atoms with Gasteiger partial charge in [-0.15, -0.1) is 0 Å². The summed E-state index contributed by atoms with van der Waals surface area (Å²) in [7, 11) is 0. The molecule has 0 aromatic carbocycles. The lowest BCUT2D eigenvalue weighted by Crippen LogP contribution is -1.99. The minimum atomic E-state index is -1.03. The monoisotopic (exact) mass is 104 g/mol. The molecule has 0 amide bonds. The standard InChI is InChI=1S/C2H4N2O3/c3-1-2(5)4(6)7/h1,5H,3H2. The Kier molecular flexibility index (Phi) is 1.65. The predicted octanol–water partition coefficient (Wildman–Crippen LogP) is -0.421. The van der Waals surface area contributed by atoms with Gasteiger partial charge in [0.25, 0.3) is 0 Å². The first-order valence-corrected chi connectivity index (χ1v) is 1.43. The molecular weight excluding hydrogens is 100 g/mol. The molecule has 40 valence electrons. The van der Waals surface area contributed by atoms with Crippen LogP contribution < -0.4 is 5.73 Å². The molecule has 0 radical (unpaired) electrons. The van der Waals surface area contributed by atoms with Crippen LogP contribution in [0, 0.1) is 10.1 Å². The van der Waals surface area contributed by atoms with E-state index < -0.39 is 10.8 Å². The van der Waals surface area contributed by atoms with E-state index in [0.29, 0.717) is 6.20 Å². The van der Waals surface area contributed by atoms with Gasteiger partial charge in [0.2, 0.25) is 0 Å². The van der Waals surface area contributed by atoms with Crippen molar-refractivity contribution in [1.29, 1.82) is 0 Å². The number of hydrogen-bond acceptors (Lipinski definition) is 4. The lowest BCUT2D eigenvalue weighted by atomic mass is 10.9. The van der Waals surface area contributed by atoms with Gasteiger partial charge in [0.15, 0.2) is 0 Å². The summed E-state index contributed by atoms with van der Waals surface area (Å²) >= 11 is 0. The molecule has 0 saturated carbocycles. The van der Waals surface area contributed by atoms with Crippen LogP contribution >= 0.6 is 0 Å². The number of nitro groups is 1. The number of hydrogen-bond donors (Lipinski definition) is 2. The SMILES string of the molecule is NC=C(O)[N+](=O)[O-]. The predicted molar refractivity (Wildman–Crippen MR) is 21.9 cm³/mol. The topological polar surface area (TPSA) is 89.4 Å². The van der Waals surface area contributed by atoms with E-state index in [2.05, 4.69) is 5.73 Å². The van der Waals surface area contributed by atoms with Crippen LogP contribution in [0.15, 0.2) is 12.1 Å². The lowest BCUT2D eigenvalue weighted by Gasteiger charge is -1.80. The molecule has 0 fully saturated rings. The Hall–Kier alpha value is -1.26. The maximum Gasteiger partial charge on any atom is 0.441 e. The maximum atomic E-state index is 9.34. The fraction of sp³-hybridized carbons (Fsp3) is 0. The molecule has 5 heteroatoms. The highest BCUT2D eigenvalue weighted by Crippen LogP contribution is 1.80. The van der Waals surface area contributed by atoms with E-state index in [9.17, 15) is 10.1 Å². The molecule has 7 heavy (non-hydrogen) atoms. The second-order valence-electron chi connectivity index (χ2n) is 0.782. The first-order valence-electron chi connectivity index (χ1n) is 1.43. The van der Waals surface area contributed by atoms with Crippen LogP contribution in [0.3, 0.4) is 0 Å². The van der Waals surface area contributed by atoms with Crippen LogP contribution in [0.1, 0.15) is 0 Å². The molecule has 0 bridgehead atoms. The zero-order chi connectivity index (χ0) is 5.86. The summed E-state index contributed by atoms with van der Waals surface area (Å²) in [4.78, 5) is 8.35. The molecular formula is C2H4N2O3. The van der Waals surface area contributed by atoms with Gasteiger partial charge in [-0.1, -0.05) is 0 Å². The van der Waals surface area contributed by atoms with Crippen molar-refractivity contribution >= 4 is 0 Å². The van der Waals surface area contributed by atoms with Crippen LogP contribution in [0.5, 0.6) is 0 Å². The van der Waals surface area contributed by atoms with E-state index in [0.717, 1.165) is 0 Å². The Labute approximate surface area is 39.2 Å². The Balaban J connectivity index is 3.82. The van der Waals surface area contributed by atoms with Crippen molar-refractivity contribution in [3.63, 3.8) is 0 Å². The van der Waals surface area contributed by atoms with Gasteiger partial charge < -0.3 is 10.8 Å². The summed E-state index contributed by atoms with van der Waals surface area (Å²) in [6.07, 6.45) is 0.514. The summed E-state index contributed by atoms with van der Waals surface area (Å²) in [6, 6.07) is 0. The normalized spacial score (nSPS) is 11.1. The molecule has 0 aromatic heterocycles. The third-order valence-corrected chi connectivity index (χ3v) is 0.336. The first-order chi connectivity index (χ1) is 3.18. The molecule has 5 nitrogen and oxygen atoms in total. The second kappa shape index (κ2) is 2.01. The highest BCUT2D eigenvalue weighted by atomic mass is 16.7. The largest absolute Gasteiger partial charge is 0.455 e. The van der Waals surface area contributed by atoms with Crippen LogP contribution in [-0.2, 0) is 0 Å². The molecule has 0 rings (SSSR count). The van der Waals surface area contributed by atoms with E-state index >= 15 is 0 Å². The Morgan fingerprint density at radius 1 is 2.00 bits per heavy atom. The van der Waals surface area contributed by atoms with Crippen LogP contribution in [0.25, 0.3) is 0 Å². The van der Waals surface area contributed by atoms with Crippen molar-refractivity contribution in [2.75, 3.05) is 0 Å². The number of nitrogens with two attached hydrogens (primary N) is 1.